The van der Waals surface area contributed by atoms with Gasteiger partial charge < -0.3 is 20.2 Å². The van der Waals surface area contributed by atoms with E-state index in [-0.39, 0.29) is 17.4 Å². The highest BCUT2D eigenvalue weighted by Gasteiger charge is 2.13. The van der Waals surface area contributed by atoms with Crippen molar-refractivity contribution in [3.05, 3.63) is 23.8 Å². The number of hydrogen-bond acceptors (Lipinski definition) is 4. The van der Waals surface area contributed by atoms with Crippen LogP contribution in [0.25, 0.3) is 0 Å². The Morgan fingerprint density at radius 3 is 2.53 bits per heavy atom. The highest BCUT2D eigenvalue weighted by Crippen LogP contribution is 2.25. The number of phenolic OH excluding ortho intramolecular Hbond substituents is 2. The summed E-state index contributed by atoms with van der Waals surface area (Å²) in [4.78, 5) is 13.3. The molecule has 0 fully saturated rings. The lowest BCUT2D eigenvalue weighted by Crippen LogP contribution is -2.29. The second-order valence-corrected chi connectivity index (χ2v) is 4.07. The first kappa shape index (κ1) is 13.3. The Labute approximate surface area is 99.9 Å². The van der Waals surface area contributed by atoms with Gasteiger partial charge in [-0.1, -0.05) is 0 Å². The van der Waals surface area contributed by atoms with E-state index in [9.17, 15) is 9.90 Å². The summed E-state index contributed by atoms with van der Waals surface area (Å²) in [7, 11) is 1.62. The monoisotopic (exact) mass is 239 g/mol. The maximum absolute atomic E-state index is 11.9. The molecule has 17 heavy (non-hydrogen) atoms. The van der Waals surface area contributed by atoms with Gasteiger partial charge >= 0.3 is 0 Å². The van der Waals surface area contributed by atoms with E-state index in [0.29, 0.717) is 18.5 Å². The van der Waals surface area contributed by atoms with Crippen LogP contribution in [0.15, 0.2) is 18.2 Å². The summed E-state index contributed by atoms with van der Waals surface area (Å²) >= 11 is 0. The van der Waals surface area contributed by atoms with Crippen LogP contribution < -0.4 is 0 Å². The molecule has 0 saturated heterocycles. The highest BCUT2D eigenvalue weighted by atomic mass is 16.3. The topological polar surface area (TPSA) is 81.0 Å². The van der Waals surface area contributed by atoms with Crippen molar-refractivity contribution >= 4 is 5.91 Å². The lowest BCUT2D eigenvalue weighted by atomic mass is 10.1. The van der Waals surface area contributed by atoms with E-state index in [1.54, 1.807) is 14.0 Å². The molecule has 0 aliphatic carbocycles. The average molecular weight is 239 g/mol. The summed E-state index contributed by atoms with van der Waals surface area (Å²) in [5.41, 5.74) is 0.299. The number of aliphatic hydroxyl groups is 1. The van der Waals surface area contributed by atoms with Crippen LogP contribution in [0.5, 0.6) is 11.5 Å². The number of amides is 1. The van der Waals surface area contributed by atoms with Crippen LogP contribution in [0.2, 0.25) is 0 Å². The summed E-state index contributed by atoms with van der Waals surface area (Å²) in [6, 6.07) is 3.93. The SMILES string of the molecule is CC(O)CCN(C)C(=O)c1ccc(O)c(O)c1. The second kappa shape index (κ2) is 5.54. The number of rotatable bonds is 4. The van der Waals surface area contributed by atoms with E-state index < -0.39 is 6.10 Å². The summed E-state index contributed by atoms with van der Waals surface area (Å²) in [6.07, 6.45) is 0.0326. The molecule has 5 heteroatoms. The molecule has 5 nitrogen and oxygen atoms in total. The molecule has 1 rings (SSSR count). The molecule has 1 amide bonds. The third-order valence-corrected chi connectivity index (χ3v) is 2.45. The van der Waals surface area contributed by atoms with Gasteiger partial charge in [0.15, 0.2) is 11.5 Å². The largest absolute Gasteiger partial charge is 0.504 e. The minimum atomic E-state index is -0.460. The average Bonchev–Trinajstić information content (AvgIpc) is 2.28. The van der Waals surface area contributed by atoms with Crippen molar-refractivity contribution in [1.82, 2.24) is 4.90 Å². The van der Waals surface area contributed by atoms with Crippen LogP contribution in [0.1, 0.15) is 23.7 Å². The maximum Gasteiger partial charge on any atom is 0.253 e. The first-order chi connectivity index (χ1) is 7.91. The number of nitrogens with zero attached hydrogens (tertiary/aromatic N) is 1. The molecule has 0 heterocycles. The van der Waals surface area contributed by atoms with Crippen molar-refractivity contribution in [3.63, 3.8) is 0 Å². The maximum atomic E-state index is 11.9. The molecule has 1 atom stereocenters. The Kier molecular flexibility index (Phi) is 4.34. The summed E-state index contributed by atoms with van der Waals surface area (Å²) < 4.78 is 0. The molecule has 1 aromatic rings. The van der Waals surface area contributed by atoms with Crippen LogP contribution in [0, 0.1) is 0 Å². The van der Waals surface area contributed by atoms with Gasteiger partial charge in [0.1, 0.15) is 0 Å². The Hall–Kier alpha value is -1.75. The van der Waals surface area contributed by atoms with Crippen molar-refractivity contribution in [2.45, 2.75) is 19.4 Å². The normalized spacial score (nSPS) is 12.2. The minimum Gasteiger partial charge on any atom is -0.504 e. The Bertz CT molecular complexity index is 403. The van der Waals surface area contributed by atoms with E-state index in [1.165, 1.54) is 23.1 Å². The van der Waals surface area contributed by atoms with E-state index in [0.717, 1.165) is 0 Å². The van der Waals surface area contributed by atoms with Gasteiger partial charge in [0.05, 0.1) is 6.10 Å². The molecule has 1 unspecified atom stereocenters. The van der Waals surface area contributed by atoms with Crippen LogP contribution in [0.3, 0.4) is 0 Å². The fraction of sp³-hybridized carbons (Fsp3) is 0.417. The second-order valence-electron chi connectivity index (χ2n) is 4.07. The van der Waals surface area contributed by atoms with E-state index in [2.05, 4.69) is 0 Å². The summed E-state index contributed by atoms with van der Waals surface area (Å²) in [5.74, 6) is -0.839. The van der Waals surface area contributed by atoms with Crippen molar-refractivity contribution in [2.75, 3.05) is 13.6 Å². The fourth-order valence-electron chi connectivity index (χ4n) is 1.36. The van der Waals surface area contributed by atoms with Crippen LogP contribution in [-0.2, 0) is 0 Å². The molecule has 0 aliphatic heterocycles. The van der Waals surface area contributed by atoms with E-state index in [1.807, 2.05) is 0 Å². The lowest BCUT2D eigenvalue weighted by Gasteiger charge is -2.18. The standard InChI is InChI=1S/C12H17NO4/c1-8(14)5-6-13(2)12(17)9-3-4-10(15)11(16)7-9/h3-4,7-8,14-16H,5-6H2,1-2H3. The first-order valence-electron chi connectivity index (χ1n) is 5.37. The van der Waals surface area contributed by atoms with E-state index >= 15 is 0 Å². The number of carbonyl (C=O) groups is 1. The van der Waals surface area contributed by atoms with Gasteiger partial charge in [-0.2, -0.15) is 0 Å². The Morgan fingerprint density at radius 2 is 2.00 bits per heavy atom. The zero-order valence-corrected chi connectivity index (χ0v) is 9.92. The summed E-state index contributed by atoms with van der Waals surface area (Å²) in [5, 5.41) is 27.5. The number of carbonyl (C=O) groups excluding carboxylic acids is 1. The van der Waals surface area contributed by atoms with Crippen molar-refractivity contribution < 1.29 is 20.1 Å². The predicted octanol–water partition coefficient (Wildman–Crippen LogP) is 0.941. The number of aliphatic hydroxyl groups excluding tert-OH is 1. The minimum absolute atomic E-state index is 0.256. The van der Waals surface area contributed by atoms with Gasteiger partial charge in [-0.3, -0.25) is 4.79 Å². The summed E-state index contributed by atoms with van der Waals surface area (Å²) in [6.45, 7) is 2.09. The van der Waals surface area contributed by atoms with Gasteiger partial charge in [0, 0.05) is 19.2 Å². The number of benzene rings is 1. The molecule has 0 radical (unpaired) electrons. The van der Waals surface area contributed by atoms with Gasteiger partial charge in [-0.25, -0.2) is 0 Å². The third-order valence-electron chi connectivity index (χ3n) is 2.45. The number of phenols is 2. The zero-order valence-electron chi connectivity index (χ0n) is 9.92. The third kappa shape index (κ3) is 3.64. The molecule has 0 aliphatic rings. The van der Waals surface area contributed by atoms with Crippen LogP contribution in [0.4, 0.5) is 0 Å². The smallest absolute Gasteiger partial charge is 0.253 e. The molecule has 3 N–H and O–H groups in total. The molecule has 1 aromatic carbocycles. The number of hydrogen-bond donors (Lipinski definition) is 3. The van der Waals surface area contributed by atoms with Crippen molar-refractivity contribution in [3.8, 4) is 11.5 Å². The van der Waals surface area contributed by atoms with Gasteiger partial charge in [0.25, 0.3) is 5.91 Å². The van der Waals surface area contributed by atoms with Crippen LogP contribution >= 0.6 is 0 Å². The van der Waals surface area contributed by atoms with Gasteiger partial charge in [-0.15, -0.1) is 0 Å². The van der Waals surface area contributed by atoms with Crippen molar-refractivity contribution in [1.29, 1.82) is 0 Å². The molecule has 0 saturated carbocycles. The van der Waals surface area contributed by atoms with E-state index in [4.69, 9.17) is 10.2 Å². The predicted molar refractivity (Wildman–Crippen MR) is 63.0 cm³/mol. The zero-order chi connectivity index (χ0) is 13.0. The molecule has 0 spiro atoms. The number of aromatic hydroxyl groups is 2. The molecular weight excluding hydrogens is 222 g/mol. The Morgan fingerprint density at radius 1 is 1.35 bits per heavy atom. The molecule has 0 bridgehead atoms. The fourth-order valence-corrected chi connectivity index (χ4v) is 1.36. The lowest BCUT2D eigenvalue weighted by molar-refractivity contribution is 0.0768. The molecular formula is C12H17NO4. The van der Waals surface area contributed by atoms with Crippen LogP contribution in [-0.4, -0.2) is 45.8 Å². The highest BCUT2D eigenvalue weighted by molar-refractivity contribution is 5.94. The first-order valence-corrected chi connectivity index (χ1v) is 5.37. The van der Waals surface area contributed by atoms with Gasteiger partial charge in [0.2, 0.25) is 0 Å². The molecule has 94 valence electrons. The van der Waals surface area contributed by atoms with Gasteiger partial charge in [-0.05, 0) is 31.5 Å². The quantitative estimate of drug-likeness (QED) is 0.683. The Balaban J connectivity index is 2.71. The molecule has 0 aromatic heterocycles. The van der Waals surface area contributed by atoms with Crippen molar-refractivity contribution in [2.24, 2.45) is 0 Å².